The molecule has 0 fully saturated rings. The number of amides is 3. The van der Waals surface area contributed by atoms with E-state index in [1.807, 2.05) is 13.8 Å². The Morgan fingerprint density at radius 3 is 2.38 bits per heavy atom. The van der Waals surface area contributed by atoms with Gasteiger partial charge in [-0.1, -0.05) is 13.8 Å². The summed E-state index contributed by atoms with van der Waals surface area (Å²) in [6, 6.07) is 4.17. The van der Waals surface area contributed by atoms with Crippen molar-refractivity contribution in [1.29, 1.82) is 0 Å². The van der Waals surface area contributed by atoms with Crippen LogP contribution in [0.5, 0.6) is 5.75 Å². The quantitative estimate of drug-likeness (QED) is 0.583. The van der Waals surface area contributed by atoms with Crippen molar-refractivity contribution in [2.24, 2.45) is 11.7 Å². The van der Waals surface area contributed by atoms with Crippen LogP contribution in [0, 0.1) is 5.92 Å². The van der Waals surface area contributed by atoms with E-state index in [4.69, 9.17) is 10.5 Å². The van der Waals surface area contributed by atoms with Gasteiger partial charge in [-0.05, 0) is 18.1 Å². The molecule has 1 aromatic carbocycles. The molecule has 5 N–H and O–H groups in total. The van der Waals surface area contributed by atoms with Crippen LogP contribution in [-0.4, -0.2) is 37.4 Å². The van der Waals surface area contributed by atoms with Gasteiger partial charge in [-0.15, -0.1) is 0 Å². The van der Waals surface area contributed by atoms with Crippen molar-refractivity contribution in [3.05, 3.63) is 18.2 Å². The molecule has 1 atom stereocenters. The summed E-state index contributed by atoms with van der Waals surface area (Å²) in [4.78, 5) is 35.0. The summed E-state index contributed by atoms with van der Waals surface area (Å²) in [5.41, 5.74) is 6.51. The first-order chi connectivity index (χ1) is 11.2. The van der Waals surface area contributed by atoms with Crippen LogP contribution in [0.2, 0.25) is 0 Å². The SMILES string of the molecule is COc1ccc(NC(C)=O)c(NC(=O)CNC(=O)[C@@H](N)C(C)C)c1. The van der Waals surface area contributed by atoms with E-state index in [0.29, 0.717) is 17.1 Å². The molecule has 1 rings (SSSR count). The van der Waals surface area contributed by atoms with Crippen LogP contribution in [0.1, 0.15) is 20.8 Å². The summed E-state index contributed by atoms with van der Waals surface area (Å²) in [5, 5.41) is 7.71. The Bertz CT molecular complexity index is 616. The number of hydrogen-bond donors (Lipinski definition) is 4. The number of anilines is 2. The fourth-order valence-electron chi connectivity index (χ4n) is 1.83. The summed E-state index contributed by atoms with van der Waals surface area (Å²) >= 11 is 0. The molecule has 0 spiro atoms. The van der Waals surface area contributed by atoms with Gasteiger partial charge in [-0.3, -0.25) is 14.4 Å². The van der Waals surface area contributed by atoms with Crippen LogP contribution in [-0.2, 0) is 14.4 Å². The molecule has 0 aliphatic rings. The van der Waals surface area contributed by atoms with Crippen LogP contribution in [0.15, 0.2) is 18.2 Å². The number of carbonyl (C=O) groups is 3. The lowest BCUT2D eigenvalue weighted by Crippen LogP contribution is -2.46. The highest BCUT2D eigenvalue weighted by molar-refractivity contribution is 6.00. The third kappa shape index (κ3) is 5.88. The zero-order valence-electron chi connectivity index (χ0n) is 14.3. The van der Waals surface area contributed by atoms with Gasteiger partial charge >= 0.3 is 0 Å². The predicted octanol–water partition coefficient (Wildman–Crippen LogP) is 0.692. The number of ether oxygens (including phenoxy) is 1. The predicted molar refractivity (Wildman–Crippen MR) is 91.8 cm³/mol. The van der Waals surface area contributed by atoms with E-state index in [1.54, 1.807) is 18.2 Å². The molecule has 0 aliphatic heterocycles. The summed E-state index contributed by atoms with van der Waals surface area (Å²) in [6.45, 7) is 4.78. The third-order valence-electron chi connectivity index (χ3n) is 3.26. The van der Waals surface area contributed by atoms with Crippen LogP contribution in [0.25, 0.3) is 0 Å². The Kier molecular flexibility index (Phi) is 7.19. The third-order valence-corrected chi connectivity index (χ3v) is 3.26. The van der Waals surface area contributed by atoms with Gasteiger partial charge in [0, 0.05) is 13.0 Å². The molecule has 8 heteroatoms. The second-order valence-electron chi connectivity index (χ2n) is 5.63. The van der Waals surface area contributed by atoms with Gasteiger partial charge < -0.3 is 26.4 Å². The van der Waals surface area contributed by atoms with Gasteiger partial charge in [0.25, 0.3) is 0 Å². The molecule has 24 heavy (non-hydrogen) atoms. The van der Waals surface area contributed by atoms with Gasteiger partial charge in [-0.25, -0.2) is 0 Å². The Hall–Kier alpha value is -2.61. The average molecular weight is 336 g/mol. The van der Waals surface area contributed by atoms with Gasteiger partial charge in [0.2, 0.25) is 17.7 Å². The van der Waals surface area contributed by atoms with Crippen molar-refractivity contribution in [1.82, 2.24) is 5.32 Å². The number of nitrogens with one attached hydrogen (secondary N) is 3. The molecule has 0 bridgehead atoms. The first-order valence-electron chi connectivity index (χ1n) is 7.53. The zero-order valence-corrected chi connectivity index (χ0v) is 14.3. The monoisotopic (exact) mass is 336 g/mol. The minimum absolute atomic E-state index is 0.0298. The number of nitrogens with two attached hydrogens (primary N) is 1. The van der Waals surface area contributed by atoms with E-state index in [9.17, 15) is 14.4 Å². The fourth-order valence-corrected chi connectivity index (χ4v) is 1.83. The van der Waals surface area contributed by atoms with E-state index in [-0.39, 0.29) is 18.4 Å². The zero-order chi connectivity index (χ0) is 18.3. The number of methoxy groups -OCH3 is 1. The Labute approximate surface area is 141 Å². The molecular weight excluding hydrogens is 312 g/mol. The molecule has 0 aromatic heterocycles. The molecule has 0 heterocycles. The summed E-state index contributed by atoms with van der Waals surface area (Å²) in [6.07, 6.45) is 0. The second-order valence-corrected chi connectivity index (χ2v) is 5.63. The van der Waals surface area contributed by atoms with Crippen LogP contribution >= 0.6 is 0 Å². The molecule has 0 saturated carbocycles. The molecule has 3 amide bonds. The van der Waals surface area contributed by atoms with Crippen molar-refractivity contribution in [3.8, 4) is 5.75 Å². The standard InChI is InChI=1S/C16H24N4O4/c1-9(2)15(17)16(23)18-8-14(22)20-13-7-11(24-4)5-6-12(13)19-10(3)21/h5-7,9,15H,8,17H2,1-4H3,(H,18,23)(H,19,21)(H,20,22)/t15-/m0/s1. The number of hydrogen-bond acceptors (Lipinski definition) is 5. The van der Waals surface area contributed by atoms with E-state index in [1.165, 1.54) is 14.0 Å². The van der Waals surface area contributed by atoms with Crippen molar-refractivity contribution in [3.63, 3.8) is 0 Å². The number of carbonyl (C=O) groups excluding carboxylic acids is 3. The van der Waals surface area contributed by atoms with E-state index >= 15 is 0 Å². The van der Waals surface area contributed by atoms with Crippen molar-refractivity contribution >= 4 is 29.1 Å². The summed E-state index contributed by atoms with van der Waals surface area (Å²) in [5.74, 6) is -0.623. The highest BCUT2D eigenvalue weighted by Crippen LogP contribution is 2.27. The highest BCUT2D eigenvalue weighted by Gasteiger charge is 2.18. The molecule has 0 saturated heterocycles. The minimum atomic E-state index is -0.676. The van der Waals surface area contributed by atoms with Crippen molar-refractivity contribution < 1.29 is 19.1 Å². The first-order valence-corrected chi connectivity index (χ1v) is 7.53. The van der Waals surface area contributed by atoms with Crippen LogP contribution in [0.4, 0.5) is 11.4 Å². The van der Waals surface area contributed by atoms with Gasteiger partial charge in [0.1, 0.15) is 5.75 Å². The Balaban J connectivity index is 2.74. The van der Waals surface area contributed by atoms with Crippen molar-refractivity contribution in [2.75, 3.05) is 24.3 Å². The molecular formula is C16H24N4O4. The van der Waals surface area contributed by atoms with E-state index in [2.05, 4.69) is 16.0 Å². The highest BCUT2D eigenvalue weighted by atomic mass is 16.5. The normalized spacial score (nSPS) is 11.6. The molecule has 0 radical (unpaired) electrons. The largest absolute Gasteiger partial charge is 0.497 e. The average Bonchev–Trinajstić information content (AvgIpc) is 2.52. The Morgan fingerprint density at radius 1 is 1.17 bits per heavy atom. The maximum atomic E-state index is 12.0. The van der Waals surface area contributed by atoms with Crippen molar-refractivity contribution in [2.45, 2.75) is 26.8 Å². The maximum Gasteiger partial charge on any atom is 0.243 e. The molecule has 132 valence electrons. The summed E-state index contributed by atoms with van der Waals surface area (Å²) in [7, 11) is 1.49. The Morgan fingerprint density at radius 2 is 1.83 bits per heavy atom. The minimum Gasteiger partial charge on any atom is -0.497 e. The second kappa shape index (κ2) is 8.88. The molecule has 0 aliphatic carbocycles. The number of rotatable bonds is 7. The van der Waals surface area contributed by atoms with E-state index < -0.39 is 17.9 Å². The summed E-state index contributed by atoms with van der Waals surface area (Å²) < 4.78 is 5.10. The fraction of sp³-hybridized carbons (Fsp3) is 0.438. The van der Waals surface area contributed by atoms with Gasteiger partial charge in [-0.2, -0.15) is 0 Å². The van der Waals surface area contributed by atoms with Gasteiger partial charge in [0.15, 0.2) is 0 Å². The van der Waals surface area contributed by atoms with Gasteiger partial charge in [0.05, 0.1) is 31.1 Å². The van der Waals surface area contributed by atoms with Crippen LogP contribution in [0.3, 0.4) is 0 Å². The molecule has 0 unspecified atom stereocenters. The smallest absolute Gasteiger partial charge is 0.243 e. The molecule has 8 nitrogen and oxygen atoms in total. The molecule has 1 aromatic rings. The number of benzene rings is 1. The lowest BCUT2D eigenvalue weighted by atomic mass is 10.1. The van der Waals surface area contributed by atoms with E-state index in [0.717, 1.165) is 0 Å². The van der Waals surface area contributed by atoms with Crippen LogP contribution < -0.4 is 26.4 Å². The topological polar surface area (TPSA) is 123 Å². The first kappa shape index (κ1) is 19.4. The lowest BCUT2D eigenvalue weighted by Gasteiger charge is -2.16. The maximum absolute atomic E-state index is 12.0. The lowest BCUT2D eigenvalue weighted by molar-refractivity contribution is -0.125.